The van der Waals surface area contributed by atoms with Gasteiger partial charge in [0.1, 0.15) is 0 Å². The summed E-state index contributed by atoms with van der Waals surface area (Å²) < 4.78 is 52.4. The highest BCUT2D eigenvalue weighted by Gasteiger charge is 2.52. The van der Waals surface area contributed by atoms with Crippen molar-refractivity contribution in [2.75, 3.05) is 11.5 Å². The van der Waals surface area contributed by atoms with Crippen LogP contribution in [0.4, 0.5) is 0 Å². The molecule has 0 bridgehead atoms. The van der Waals surface area contributed by atoms with Crippen molar-refractivity contribution in [2.24, 2.45) is 11.8 Å². The van der Waals surface area contributed by atoms with Crippen LogP contribution < -0.4 is 0 Å². The van der Waals surface area contributed by atoms with E-state index in [9.17, 15) is 16.8 Å². The molecular formula is C111H146O4S2. The Bertz CT molecular complexity index is 4480. The Morgan fingerprint density at radius 3 is 0.744 bits per heavy atom. The molecule has 3 aliphatic carbocycles. The lowest BCUT2D eigenvalue weighted by Crippen LogP contribution is -2.32. The van der Waals surface area contributed by atoms with E-state index in [0.717, 1.165) is 86.5 Å². The van der Waals surface area contributed by atoms with Crippen molar-refractivity contribution >= 4 is 68.3 Å². The third kappa shape index (κ3) is 22.4. The Morgan fingerprint density at radius 1 is 0.239 bits per heavy atom. The molecule has 0 heterocycles. The van der Waals surface area contributed by atoms with Gasteiger partial charge in [-0.3, -0.25) is 0 Å². The molecule has 4 nitrogen and oxygen atoms in total. The van der Waals surface area contributed by atoms with E-state index in [4.69, 9.17) is 0 Å². The summed E-state index contributed by atoms with van der Waals surface area (Å²) in [5, 5.41) is 0. The fourth-order valence-corrected chi connectivity index (χ4v) is 23.0. The smallest absolute Gasteiger partial charge is 0.178 e. The molecule has 0 aliphatic heterocycles. The Labute approximate surface area is 711 Å². The molecule has 0 N–H and O–H groups in total. The molecule has 11 rings (SSSR count). The van der Waals surface area contributed by atoms with E-state index in [2.05, 4.69) is 227 Å². The van der Waals surface area contributed by atoms with Crippen LogP contribution in [0.5, 0.6) is 0 Å². The minimum absolute atomic E-state index is 0.123. The Balaban J connectivity index is 1.01. The molecular weight excluding hydrogens is 1460 g/mol. The average molecular weight is 1610 g/mol. The van der Waals surface area contributed by atoms with Crippen molar-refractivity contribution < 1.29 is 16.8 Å². The second kappa shape index (κ2) is 44.2. The number of rotatable bonds is 52. The van der Waals surface area contributed by atoms with E-state index in [1.54, 1.807) is 68.8 Å². The lowest BCUT2D eigenvalue weighted by molar-refractivity contribution is 0.266. The summed E-state index contributed by atoms with van der Waals surface area (Å²) in [6.07, 6.45) is 62.2. The molecule has 0 fully saturated rings. The Morgan fingerprint density at radius 2 is 0.470 bits per heavy atom. The van der Waals surface area contributed by atoms with Crippen molar-refractivity contribution in [3.63, 3.8) is 0 Å². The van der Waals surface area contributed by atoms with Crippen molar-refractivity contribution in [2.45, 2.75) is 339 Å². The van der Waals surface area contributed by atoms with Gasteiger partial charge in [0.25, 0.3) is 0 Å². The minimum atomic E-state index is -3.29. The zero-order valence-corrected chi connectivity index (χ0v) is 75.7. The standard InChI is InChI=1S/C111H146O4S2/c1-11-21-29-35-71-109(72-36-30-22-12-2)103-77-93(57-55-89-47-43-87(44-48-89)51-53-91-59-65-95(66-60-91)116(112,113)75-39-33-25-15-5)63-69-97(103)99-79-107-101(81-105(99)109)102-82-106-100(80-108(102)111(107,83-85(19-9)41-27-17-7)84-86(20-10)42-28-18-8)98-70-64-94(78-104(98)110(106,73-37-31-23-13-3)74-38-32-24-14-4)58-56-90-49-45-88(46-50-90)52-54-92-61-67-96(68-62-92)117(114,115)76-40-34-26-16-6/h43-70,77-82,85-86H,11-42,71-76,83-84H2,1-10H3/b53-51+,54-52+,57-55+,58-56?. The molecule has 0 amide bonds. The van der Waals surface area contributed by atoms with Gasteiger partial charge in [-0.1, -0.05) is 420 Å². The molecule has 8 aromatic carbocycles. The molecule has 8 aromatic rings. The Kier molecular flexibility index (Phi) is 34.2. The third-order valence-corrected chi connectivity index (χ3v) is 30.9. The summed E-state index contributed by atoms with van der Waals surface area (Å²) in [5.41, 5.74) is 27.3. The summed E-state index contributed by atoms with van der Waals surface area (Å²) in [6, 6.07) is 59.4. The third-order valence-electron chi connectivity index (χ3n) is 27.3. The Hall–Kier alpha value is -7.38. The molecule has 0 spiro atoms. The summed E-state index contributed by atoms with van der Waals surface area (Å²) >= 11 is 0. The molecule has 6 heteroatoms. The monoisotopic (exact) mass is 1610 g/mol. The molecule has 117 heavy (non-hydrogen) atoms. The van der Waals surface area contributed by atoms with Crippen LogP contribution in [0.15, 0.2) is 168 Å². The molecule has 0 aromatic heterocycles. The summed E-state index contributed by atoms with van der Waals surface area (Å²) in [6.45, 7) is 23.6. The number of hydrogen-bond donors (Lipinski definition) is 0. The van der Waals surface area contributed by atoms with Crippen LogP contribution in [-0.4, -0.2) is 28.3 Å². The predicted octanol–water partition coefficient (Wildman–Crippen LogP) is 33.0. The summed E-state index contributed by atoms with van der Waals surface area (Å²) in [7, 11) is -6.58. The van der Waals surface area contributed by atoms with Crippen molar-refractivity contribution in [1.82, 2.24) is 0 Å². The lowest BCUT2D eigenvalue weighted by atomic mass is 9.64. The highest BCUT2D eigenvalue weighted by molar-refractivity contribution is 7.91. The van der Waals surface area contributed by atoms with Gasteiger partial charge >= 0.3 is 0 Å². The van der Waals surface area contributed by atoms with Crippen LogP contribution in [0.3, 0.4) is 0 Å². The fraction of sp³-hybridized carbons (Fsp3) is 0.495. The summed E-state index contributed by atoms with van der Waals surface area (Å²) in [4.78, 5) is 0.823. The van der Waals surface area contributed by atoms with Gasteiger partial charge in [-0.2, -0.15) is 0 Å². The van der Waals surface area contributed by atoms with Crippen LogP contribution in [0, 0.1) is 11.8 Å². The van der Waals surface area contributed by atoms with Gasteiger partial charge in [0.15, 0.2) is 19.7 Å². The molecule has 2 unspecified atom stereocenters. The molecule has 3 aliphatic rings. The first kappa shape index (κ1) is 90.4. The molecule has 2 atom stereocenters. The quantitative estimate of drug-likeness (QED) is 0.0281. The maximum atomic E-state index is 13.1. The van der Waals surface area contributed by atoms with Gasteiger partial charge in [-0.15, -0.1) is 0 Å². The first-order chi connectivity index (χ1) is 57.0. The van der Waals surface area contributed by atoms with Gasteiger partial charge in [0.05, 0.1) is 21.3 Å². The maximum absolute atomic E-state index is 13.1. The maximum Gasteiger partial charge on any atom is 0.178 e. The zero-order chi connectivity index (χ0) is 82.7. The zero-order valence-electron chi connectivity index (χ0n) is 74.0. The van der Waals surface area contributed by atoms with E-state index in [0.29, 0.717) is 34.5 Å². The average Bonchev–Trinajstić information content (AvgIpc) is 1.51. The minimum Gasteiger partial charge on any atom is -0.224 e. The van der Waals surface area contributed by atoms with Gasteiger partial charge in [-0.05, 0) is 223 Å². The van der Waals surface area contributed by atoms with Crippen LogP contribution in [0.2, 0.25) is 0 Å². The van der Waals surface area contributed by atoms with Gasteiger partial charge < -0.3 is 0 Å². The highest BCUT2D eigenvalue weighted by Crippen LogP contribution is 2.65. The normalized spacial score (nSPS) is 15.7. The second-order valence-corrected chi connectivity index (χ2v) is 40.0. The largest absolute Gasteiger partial charge is 0.224 e. The number of benzene rings is 8. The van der Waals surface area contributed by atoms with Crippen molar-refractivity contribution in [3.05, 3.63) is 236 Å². The number of unbranched alkanes of at least 4 members (excludes halogenated alkanes) is 20. The van der Waals surface area contributed by atoms with Crippen molar-refractivity contribution in [1.29, 1.82) is 0 Å². The van der Waals surface area contributed by atoms with Crippen LogP contribution in [0.1, 0.15) is 391 Å². The number of hydrogen-bond acceptors (Lipinski definition) is 4. The van der Waals surface area contributed by atoms with Gasteiger partial charge in [0.2, 0.25) is 0 Å². The van der Waals surface area contributed by atoms with Gasteiger partial charge in [-0.25, -0.2) is 16.8 Å². The van der Waals surface area contributed by atoms with E-state index < -0.39 is 19.7 Å². The molecule has 0 radical (unpaired) electrons. The SMILES string of the molecule is CCCCCCC1(CCCCCC)c2cc(C=Cc3ccc(/C=C/c4ccc(S(=O)(=O)CCCCCC)cc4)cc3)ccc2-c2cc3c(cc21)-c1cc2c(cc1C3(CC(CC)CCCC)CC(CC)CCCC)-c1ccc(/C=C/c3ccc(/C=C/c4ccc(S(=O)(=O)CCCCCC)cc4)cc3)cc1C2(CCCCCC)CCCCCC. The lowest BCUT2D eigenvalue weighted by Gasteiger charge is -2.39. The van der Waals surface area contributed by atoms with E-state index in [-0.39, 0.29) is 27.8 Å². The van der Waals surface area contributed by atoms with Crippen LogP contribution >= 0.6 is 0 Å². The van der Waals surface area contributed by atoms with E-state index >= 15 is 0 Å². The topological polar surface area (TPSA) is 68.3 Å². The van der Waals surface area contributed by atoms with E-state index in [1.165, 1.54) is 211 Å². The first-order valence-corrected chi connectivity index (χ1v) is 50.6. The fourth-order valence-electron chi connectivity index (χ4n) is 20.3. The highest BCUT2D eigenvalue weighted by atomic mass is 32.2. The first-order valence-electron chi connectivity index (χ1n) is 47.3. The number of sulfone groups is 2. The van der Waals surface area contributed by atoms with Crippen LogP contribution in [0.25, 0.3) is 82.0 Å². The van der Waals surface area contributed by atoms with Crippen molar-refractivity contribution in [3.8, 4) is 33.4 Å². The summed E-state index contributed by atoms with van der Waals surface area (Å²) in [5.74, 6) is 1.63. The van der Waals surface area contributed by atoms with E-state index in [1.807, 2.05) is 24.3 Å². The predicted molar refractivity (Wildman–Crippen MR) is 510 cm³/mol. The molecule has 0 saturated heterocycles. The molecule has 626 valence electrons. The van der Waals surface area contributed by atoms with Crippen LogP contribution in [-0.2, 0) is 35.9 Å². The number of fused-ring (bicyclic) bond motifs is 9. The van der Waals surface area contributed by atoms with Gasteiger partial charge in [0, 0.05) is 16.2 Å². The second-order valence-electron chi connectivity index (χ2n) is 35.8. The molecule has 0 saturated carbocycles.